The first-order valence-corrected chi connectivity index (χ1v) is 7.58. The Morgan fingerprint density at radius 3 is 3.07 bits per heavy atom. The Morgan fingerprint density at radius 1 is 1.40 bits per heavy atom. The Hall–Kier alpha value is 0.270. The maximum atomic E-state index is 3.48. The summed E-state index contributed by atoms with van der Waals surface area (Å²) in [5, 5.41) is 3.48. The van der Waals surface area contributed by atoms with Gasteiger partial charge >= 0.3 is 0 Å². The van der Waals surface area contributed by atoms with Crippen LogP contribution in [0.15, 0.2) is 0 Å². The molecule has 2 atom stereocenters. The number of thioether (sulfide) groups is 1. The monoisotopic (exact) mass is 228 g/mol. The quantitative estimate of drug-likeness (QED) is 0.790. The van der Waals surface area contributed by atoms with Gasteiger partial charge in [-0.15, -0.1) is 0 Å². The Balaban J connectivity index is 1.71. The van der Waals surface area contributed by atoms with Crippen LogP contribution >= 0.6 is 11.8 Å². The van der Waals surface area contributed by atoms with Gasteiger partial charge in [0.05, 0.1) is 0 Å². The average molecular weight is 228 g/mol. The lowest BCUT2D eigenvalue weighted by atomic mass is 10.1. The van der Waals surface area contributed by atoms with E-state index in [0.29, 0.717) is 0 Å². The molecule has 0 spiro atoms. The lowest BCUT2D eigenvalue weighted by Gasteiger charge is -2.30. The zero-order valence-electron chi connectivity index (χ0n) is 9.87. The topological polar surface area (TPSA) is 15.3 Å². The van der Waals surface area contributed by atoms with Crippen molar-refractivity contribution in [2.45, 2.75) is 32.2 Å². The van der Waals surface area contributed by atoms with Crippen LogP contribution in [0.5, 0.6) is 0 Å². The van der Waals surface area contributed by atoms with Crippen LogP contribution in [0, 0.1) is 5.92 Å². The van der Waals surface area contributed by atoms with Gasteiger partial charge in [0, 0.05) is 18.3 Å². The highest BCUT2D eigenvalue weighted by Crippen LogP contribution is 2.26. The first-order chi connectivity index (χ1) is 7.40. The molecule has 2 fully saturated rings. The molecule has 2 saturated heterocycles. The van der Waals surface area contributed by atoms with E-state index in [9.17, 15) is 0 Å². The lowest BCUT2D eigenvalue weighted by Crippen LogP contribution is -2.38. The van der Waals surface area contributed by atoms with E-state index in [4.69, 9.17) is 0 Å². The average Bonchev–Trinajstić information content (AvgIpc) is 2.76. The lowest BCUT2D eigenvalue weighted by molar-refractivity contribution is 0.237. The highest BCUT2D eigenvalue weighted by atomic mass is 32.2. The number of likely N-dealkylation sites (tertiary alicyclic amines) is 1. The third kappa shape index (κ3) is 3.36. The van der Waals surface area contributed by atoms with Crippen molar-refractivity contribution in [1.29, 1.82) is 0 Å². The second-order valence-electron chi connectivity index (χ2n) is 4.83. The van der Waals surface area contributed by atoms with Crippen LogP contribution in [-0.4, -0.2) is 48.6 Å². The first-order valence-electron chi connectivity index (χ1n) is 6.42. The maximum Gasteiger partial charge on any atom is 0.0186 e. The molecule has 15 heavy (non-hydrogen) atoms. The molecule has 0 aromatic carbocycles. The van der Waals surface area contributed by atoms with E-state index < -0.39 is 0 Å². The summed E-state index contributed by atoms with van der Waals surface area (Å²) in [5.74, 6) is 3.69. The second kappa shape index (κ2) is 6.12. The Kier molecular flexibility index (Phi) is 4.79. The molecule has 0 aromatic heterocycles. The van der Waals surface area contributed by atoms with E-state index in [1.165, 1.54) is 50.4 Å². The van der Waals surface area contributed by atoms with Gasteiger partial charge in [0.25, 0.3) is 0 Å². The molecule has 0 amide bonds. The molecule has 1 N–H and O–H groups in total. The SMILES string of the molecule is CCNCC1CCN(C2CCCSC2)C1. The van der Waals surface area contributed by atoms with Crippen LogP contribution in [-0.2, 0) is 0 Å². The Bertz CT molecular complexity index is 180. The molecule has 2 aliphatic rings. The standard InChI is InChI=1S/C12H24N2S/c1-2-13-8-11-5-6-14(9-11)12-4-3-7-15-10-12/h11-13H,2-10H2,1H3. The second-order valence-corrected chi connectivity index (χ2v) is 5.98. The van der Waals surface area contributed by atoms with Gasteiger partial charge in [0.15, 0.2) is 0 Å². The summed E-state index contributed by atoms with van der Waals surface area (Å²) >= 11 is 2.15. The normalized spacial score (nSPS) is 33.4. The summed E-state index contributed by atoms with van der Waals surface area (Å²) in [5.41, 5.74) is 0. The van der Waals surface area contributed by atoms with Crippen LogP contribution in [0.4, 0.5) is 0 Å². The molecule has 2 rings (SSSR count). The molecule has 0 aliphatic carbocycles. The predicted molar refractivity (Wildman–Crippen MR) is 68.6 cm³/mol. The van der Waals surface area contributed by atoms with Crippen molar-refractivity contribution in [3.05, 3.63) is 0 Å². The summed E-state index contributed by atoms with van der Waals surface area (Å²) in [6.45, 7) is 7.24. The smallest absolute Gasteiger partial charge is 0.0186 e. The van der Waals surface area contributed by atoms with Crippen molar-refractivity contribution in [3.63, 3.8) is 0 Å². The van der Waals surface area contributed by atoms with Crippen molar-refractivity contribution in [3.8, 4) is 0 Å². The molecule has 0 radical (unpaired) electrons. The van der Waals surface area contributed by atoms with Gasteiger partial charge in [-0.1, -0.05) is 6.92 Å². The fourth-order valence-electron chi connectivity index (χ4n) is 2.72. The van der Waals surface area contributed by atoms with Crippen LogP contribution < -0.4 is 5.32 Å². The molecule has 2 heterocycles. The number of nitrogens with one attached hydrogen (secondary N) is 1. The summed E-state index contributed by atoms with van der Waals surface area (Å²) < 4.78 is 0. The van der Waals surface area contributed by atoms with Gasteiger partial charge < -0.3 is 5.32 Å². The molecular weight excluding hydrogens is 204 g/mol. The highest BCUT2D eigenvalue weighted by molar-refractivity contribution is 7.99. The number of hydrogen-bond donors (Lipinski definition) is 1. The molecule has 2 aliphatic heterocycles. The first kappa shape index (κ1) is 11.7. The minimum Gasteiger partial charge on any atom is -0.317 e. The van der Waals surface area contributed by atoms with Crippen molar-refractivity contribution in [1.82, 2.24) is 10.2 Å². The highest BCUT2D eigenvalue weighted by Gasteiger charge is 2.28. The predicted octanol–water partition coefficient (Wildman–Crippen LogP) is 1.81. The minimum atomic E-state index is 0.898. The number of nitrogens with zero attached hydrogens (tertiary/aromatic N) is 1. The number of rotatable bonds is 4. The van der Waals surface area contributed by atoms with Crippen LogP contribution in [0.2, 0.25) is 0 Å². The van der Waals surface area contributed by atoms with Crippen LogP contribution in [0.1, 0.15) is 26.2 Å². The third-order valence-electron chi connectivity index (χ3n) is 3.65. The molecule has 0 saturated carbocycles. The third-order valence-corrected chi connectivity index (χ3v) is 4.85. The summed E-state index contributed by atoms with van der Waals surface area (Å²) in [4.78, 5) is 2.74. The Labute approximate surface area is 98.2 Å². The van der Waals surface area contributed by atoms with Gasteiger partial charge in [-0.25, -0.2) is 0 Å². The zero-order chi connectivity index (χ0) is 10.5. The van der Waals surface area contributed by atoms with Gasteiger partial charge in [0.1, 0.15) is 0 Å². The van der Waals surface area contributed by atoms with Crippen molar-refractivity contribution in [2.24, 2.45) is 5.92 Å². The van der Waals surface area contributed by atoms with Crippen LogP contribution in [0.25, 0.3) is 0 Å². The summed E-state index contributed by atoms with van der Waals surface area (Å²) in [6.07, 6.45) is 4.29. The van der Waals surface area contributed by atoms with E-state index >= 15 is 0 Å². The van der Waals surface area contributed by atoms with Gasteiger partial charge in [-0.05, 0) is 50.6 Å². The molecular formula is C12H24N2S. The molecule has 88 valence electrons. The van der Waals surface area contributed by atoms with Gasteiger partial charge in [-0.2, -0.15) is 11.8 Å². The van der Waals surface area contributed by atoms with E-state index in [-0.39, 0.29) is 0 Å². The molecule has 0 aromatic rings. The molecule has 3 heteroatoms. The summed E-state index contributed by atoms with van der Waals surface area (Å²) in [6, 6.07) is 0.898. The van der Waals surface area contributed by atoms with Crippen molar-refractivity contribution >= 4 is 11.8 Å². The fraction of sp³-hybridized carbons (Fsp3) is 1.00. The van der Waals surface area contributed by atoms with Crippen molar-refractivity contribution < 1.29 is 0 Å². The van der Waals surface area contributed by atoms with E-state index in [1.54, 1.807) is 0 Å². The number of hydrogen-bond acceptors (Lipinski definition) is 3. The largest absolute Gasteiger partial charge is 0.317 e. The maximum absolute atomic E-state index is 3.48. The Morgan fingerprint density at radius 2 is 2.33 bits per heavy atom. The van der Waals surface area contributed by atoms with E-state index in [1.807, 2.05) is 0 Å². The molecule has 2 nitrogen and oxygen atoms in total. The summed E-state index contributed by atoms with van der Waals surface area (Å²) in [7, 11) is 0. The zero-order valence-corrected chi connectivity index (χ0v) is 10.7. The van der Waals surface area contributed by atoms with E-state index in [0.717, 1.165) is 18.5 Å². The van der Waals surface area contributed by atoms with Gasteiger partial charge in [-0.3, -0.25) is 4.90 Å². The van der Waals surface area contributed by atoms with Crippen molar-refractivity contribution in [2.75, 3.05) is 37.7 Å². The molecule has 0 bridgehead atoms. The fourth-order valence-corrected chi connectivity index (χ4v) is 3.91. The van der Waals surface area contributed by atoms with Crippen LogP contribution in [0.3, 0.4) is 0 Å². The minimum absolute atomic E-state index is 0.898. The van der Waals surface area contributed by atoms with Gasteiger partial charge in [0.2, 0.25) is 0 Å². The molecule has 2 unspecified atom stereocenters. The van der Waals surface area contributed by atoms with E-state index in [2.05, 4.69) is 28.9 Å².